The first-order valence-corrected chi connectivity index (χ1v) is 11.4. The van der Waals surface area contributed by atoms with Crippen LogP contribution in [-0.2, 0) is 16.0 Å². The Hall–Kier alpha value is -2.83. The van der Waals surface area contributed by atoms with Gasteiger partial charge in [0.2, 0.25) is 0 Å². The zero-order valence-electron chi connectivity index (χ0n) is 17.6. The van der Waals surface area contributed by atoms with Crippen LogP contribution in [0.15, 0.2) is 83.4 Å². The number of nitrogens with zero attached hydrogens (tertiary/aromatic N) is 1. The zero-order valence-corrected chi connectivity index (χ0v) is 20.6. The van der Waals surface area contributed by atoms with Crippen LogP contribution in [0.4, 0.5) is 0 Å². The molecule has 0 aliphatic carbocycles. The van der Waals surface area contributed by atoms with Crippen molar-refractivity contribution in [2.24, 2.45) is 0 Å². The number of fused-ring (bicyclic) bond motifs is 1. The van der Waals surface area contributed by atoms with E-state index in [0.717, 1.165) is 5.39 Å². The summed E-state index contributed by atoms with van der Waals surface area (Å²) in [5, 5.41) is 13.7. The maximum atomic E-state index is 12.6. The van der Waals surface area contributed by atoms with Crippen LogP contribution >= 0.6 is 46.4 Å². The van der Waals surface area contributed by atoms with Crippen molar-refractivity contribution in [3.8, 4) is 11.3 Å². The highest BCUT2D eigenvalue weighted by Gasteiger charge is 2.24. The topological polar surface area (TPSA) is 79.3 Å². The Labute approximate surface area is 216 Å². The van der Waals surface area contributed by atoms with Crippen LogP contribution in [-0.4, -0.2) is 28.0 Å². The Balaban J connectivity index is 1.88. The van der Waals surface area contributed by atoms with E-state index in [1.807, 2.05) is 6.07 Å². The number of rotatable bonds is 8. The van der Waals surface area contributed by atoms with Crippen molar-refractivity contribution in [3.63, 3.8) is 0 Å². The van der Waals surface area contributed by atoms with Gasteiger partial charge in [-0.25, -0.2) is 9.78 Å². The monoisotopic (exact) mass is 534 g/mol. The molecule has 0 fully saturated rings. The van der Waals surface area contributed by atoms with Gasteiger partial charge in [0, 0.05) is 22.4 Å². The molecule has 0 aliphatic heterocycles. The summed E-state index contributed by atoms with van der Waals surface area (Å²) in [6.07, 6.45) is 1.24. The first-order valence-electron chi connectivity index (χ1n) is 9.87. The largest absolute Gasteiger partial charge is 0.480 e. The van der Waals surface area contributed by atoms with Crippen molar-refractivity contribution < 1.29 is 14.7 Å². The number of benzene rings is 2. The molecule has 1 heterocycles. The fraction of sp³-hybridized carbons (Fsp3) is 0.0800. The number of hydrogen-bond donors (Lipinski definition) is 2. The van der Waals surface area contributed by atoms with Gasteiger partial charge in [-0.3, -0.25) is 4.79 Å². The Morgan fingerprint density at radius 3 is 2.35 bits per heavy atom. The fourth-order valence-electron chi connectivity index (χ4n) is 3.31. The predicted molar refractivity (Wildman–Crippen MR) is 139 cm³/mol. The Bertz CT molecular complexity index is 1330. The molecular weight excluding hydrogens is 518 g/mol. The van der Waals surface area contributed by atoms with E-state index < -0.39 is 17.9 Å². The molecule has 5 nitrogen and oxygen atoms in total. The number of hydrogen-bond acceptors (Lipinski definition) is 3. The molecule has 2 aromatic carbocycles. The second-order valence-electron chi connectivity index (χ2n) is 7.22. The number of carboxylic acids is 1. The van der Waals surface area contributed by atoms with Crippen LogP contribution in [0, 0.1) is 0 Å². The van der Waals surface area contributed by atoms with Crippen LogP contribution in [0.3, 0.4) is 0 Å². The number of aromatic nitrogens is 1. The zero-order chi connectivity index (χ0) is 25.0. The first kappa shape index (κ1) is 25.8. The van der Waals surface area contributed by atoms with Gasteiger partial charge in [0.1, 0.15) is 6.04 Å². The number of carbonyl (C=O) groups is 2. The van der Waals surface area contributed by atoms with Gasteiger partial charge in [0.05, 0.1) is 31.9 Å². The highest BCUT2D eigenvalue weighted by molar-refractivity contribution is 6.40. The maximum absolute atomic E-state index is 12.6. The molecule has 0 bridgehead atoms. The van der Waals surface area contributed by atoms with E-state index in [2.05, 4.69) is 23.5 Å². The third-order valence-corrected chi connectivity index (χ3v) is 6.09. The summed E-state index contributed by atoms with van der Waals surface area (Å²) in [4.78, 5) is 29.0. The Morgan fingerprint density at radius 1 is 1.09 bits per heavy atom. The third kappa shape index (κ3) is 5.80. The summed E-state index contributed by atoms with van der Waals surface area (Å²) in [7, 11) is 0. The Morgan fingerprint density at radius 2 is 1.76 bits per heavy atom. The van der Waals surface area contributed by atoms with E-state index in [1.54, 1.807) is 42.5 Å². The number of pyridine rings is 1. The van der Waals surface area contributed by atoms with E-state index in [4.69, 9.17) is 46.4 Å². The summed E-state index contributed by atoms with van der Waals surface area (Å²) in [5.74, 6) is -1.98. The minimum absolute atomic E-state index is 0.0167. The quantitative estimate of drug-likeness (QED) is 0.247. The van der Waals surface area contributed by atoms with Gasteiger partial charge in [-0.1, -0.05) is 77.8 Å². The standard InChI is InChI=1S/C25H18Cl4N2O3/c1-3-16(27)22(13(2)26)24(32)31-21(25(33)34)12-14-7-9-19-15(11-14)8-10-20(30-19)23-17(28)5-4-6-18(23)29/h3-11,21H,1-2,12H2,(H,31,32)(H,33,34)/b22-16-. The summed E-state index contributed by atoms with van der Waals surface area (Å²) in [6.45, 7) is 6.99. The molecule has 0 spiro atoms. The molecule has 1 unspecified atom stereocenters. The third-order valence-electron chi connectivity index (χ3n) is 4.93. The SMILES string of the molecule is C=C/C(Cl)=C(\C(=C)Cl)C(=O)NC(Cc1ccc2nc(-c3c(Cl)cccc3Cl)ccc2c1)C(=O)O. The molecule has 0 aliphatic rings. The Kier molecular flexibility index (Phi) is 8.39. The minimum Gasteiger partial charge on any atom is -0.480 e. The van der Waals surface area contributed by atoms with Crippen LogP contribution in [0.1, 0.15) is 5.56 Å². The summed E-state index contributed by atoms with van der Waals surface area (Å²) in [5.41, 5.74) is 2.46. The van der Waals surface area contributed by atoms with Crippen molar-refractivity contribution >= 4 is 69.2 Å². The molecule has 3 aromatic rings. The molecular formula is C25H18Cl4N2O3. The van der Waals surface area contributed by atoms with Crippen molar-refractivity contribution in [2.45, 2.75) is 12.5 Å². The van der Waals surface area contributed by atoms with Crippen molar-refractivity contribution in [1.82, 2.24) is 10.3 Å². The lowest BCUT2D eigenvalue weighted by atomic mass is 10.0. The average Bonchev–Trinajstić information content (AvgIpc) is 2.78. The van der Waals surface area contributed by atoms with Gasteiger partial charge >= 0.3 is 5.97 Å². The summed E-state index contributed by atoms with van der Waals surface area (Å²) >= 11 is 24.4. The molecule has 34 heavy (non-hydrogen) atoms. The van der Waals surface area contributed by atoms with Gasteiger partial charge in [-0.15, -0.1) is 0 Å². The van der Waals surface area contributed by atoms with E-state index in [1.165, 1.54) is 6.08 Å². The fourth-order valence-corrected chi connectivity index (χ4v) is 4.34. The number of amides is 1. The smallest absolute Gasteiger partial charge is 0.326 e. The second kappa shape index (κ2) is 11.1. The summed E-state index contributed by atoms with van der Waals surface area (Å²) in [6, 6.07) is 12.9. The van der Waals surface area contributed by atoms with Gasteiger partial charge in [-0.05, 0) is 42.0 Å². The summed E-state index contributed by atoms with van der Waals surface area (Å²) < 4.78 is 0. The lowest BCUT2D eigenvalue weighted by Crippen LogP contribution is -2.43. The second-order valence-corrected chi connectivity index (χ2v) is 8.90. The van der Waals surface area contributed by atoms with Gasteiger partial charge in [0.15, 0.2) is 0 Å². The predicted octanol–water partition coefficient (Wildman–Crippen LogP) is 6.75. The number of halogens is 4. The molecule has 9 heteroatoms. The van der Waals surface area contributed by atoms with E-state index in [0.29, 0.717) is 32.4 Å². The lowest BCUT2D eigenvalue weighted by Gasteiger charge is -2.16. The highest BCUT2D eigenvalue weighted by Crippen LogP contribution is 2.34. The molecule has 1 aromatic heterocycles. The maximum Gasteiger partial charge on any atom is 0.326 e. The molecule has 0 radical (unpaired) electrons. The van der Waals surface area contributed by atoms with Crippen LogP contribution in [0.25, 0.3) is 22.2 Å². The number of carbonyl (C=O) groups excluding carboxylic acids is 1. The average molecular weight is 536 g/mol. The molecule has 3 rings (SSSR count). The van der Waals surface area contributed by atoms with Crippen molar-refractivity contribution in [2.75, 3.05) is 0 Å². The van der Waals surface area contributed by atoms with Gasteiger partial charge < -0.3 is 10.4 Å². The minimum atomic E-state index is -1.24. The normalized spacial score (nSPS) is 12.6. The van der Waals surface area contributed by atoms with E-state index in [-0.39, 0.29) is 22.1 Å². The van der Waals surface area contributed by atoms with Crippen molar-refractivity contribution in [3.05, 3.63) is 99.0 Å². The molecule has 2 N–H and O–H groups in total. The van der Waals surface area contributed by atoms with Crippen molar-refractivity contribution in [1.29, 1.82) is 0 Å². The number of carboxylic acid groups (broad SMARTS) is 1. The van der Waals surface area contributed by atoms with E-state index >= 15 is 0 Å². The van der Waals surface area contributed by atoms with Crippen LogP contribution < -0.4 is 5.32 Å². The first-order chi connectivity index (χ1) is 16.1. The molecule has 1 amide bonds. The lowest BCUT2D eigenvalue weighted by molar-refractivity contribution is -0.141. The highest BCUT2D eigenvalue weighted by atomic mass is 35.5. The number of allylic oxidation sites excluding steroid dienone is 2. The molecule has 1 atom stereocenters. The van der Waals surface area contributed by atoms with Crippen LogP contribution in [0.5, 0.6) is 0 Å². The molecule has 0 saturated heterocycles. The number of nitrogens with one attached hydrogen (secondary N) is 1. The molecule has 0 saturated carbocycles. The van der Waals surface area contributed by atoms with Crippen LogP contribution in [0.2, 0.25) is 10.0 Å². The molecule has 174 valence electrons. The van der Waals surface area contributed by atoms with Gasteiger partial charge in [0.25, 0.3) is 5.91 Å². The van der Waals surface area contributed by atoms with Gasteiger partial charge in [-0.2, -0.15) is 0 Å². The van der Waals surface area contributed by atoms with E-state index in [9.17, 15) is 14.7 Å². The number of aliphatic carboxylic acids is 1.